The average molecular weight is 1900 g/mol. The summed E-state index contributed by atoms with van der Waals surface area (Å²) in [5.74, 6) is 1.36. The van der Waals surface area contributed by atoms with Gasteiger partial charge >= 0.3 is 12.0 Å². The summed E-state index contributed by atoms with van der Waals surface area (Å²) in [4.78, 5) is 100. The van der Waals surface area contributed by atoms with Gasteiger partial charge in [-0.1, -0.05) is 132 Å². The zero-order chi connectivity index (χ0) is 98.6. The molecule has 0 radical (unpaired) electrons. The molecule has 3 aromatic heterocycles. The zero-order valence-corrected chi connectivity index (χ0v) is 79.5. The van der Waals surface area contributed by atoms with E-state index in [1.54, 1.807) is 101 Å². The van der Waals surface area contributed by atoms with Crippen LogP contribution in [-0.2, 0) is 41.3 Å². The number of halogens is 1. The third-order valence-electron chi connectivity index (χ3n) is 25.6. The summed E-state index contributed by atoms with van der Waals surface area (Å²) in [6.07, 6.45) is 3.53. The Labute approximate surface area is 807 Å². The molecule has 710 valence electrons. The number of carbonyl (C=O) groups excluding carboxylic acids is 5. The molecule has 10 heterocycles. The van der Waals surface area contributed by atoms with E-state index in [4.69, 9.17) is 59.1 Å². The molecule has 2 saturated heterocycles. The molecule has 18 rings (SSSR count). The maximum absolute atomic E-state index is 13.7. The summed E-state index contributed by atoms with van der Waals surface area (Å²) in [5.41, 5.74) is 40.7. The van der Waals surface area contributed by atoms with Gasteiger partial charge in [0.25, 0.3) is 11.8 Å². The minimum atomic E-state index is -1.22. The van der Waals surface area contributed by atoms with Crippen molar-refractivity contribution in [1.82, 2.24) is 40.0 Å². The van der Waals surface area contributed by atoms with Gasteiger partial charge in [0.15, 0.2) is 35.3 Å². The van der Waals surface area contributed by atoms with Crippen LogP contribution < -0.4 is 64.9 Å². The van der Waals surface area contributed by atoms with Gasteiger partial charge in [-0.2, -0.15) is 15.8 Å². The average Bonchev–Trinajstić information content (AvgIpc) is 1.12. The first-order valence-corrected chi connectivity index (χ1v) is 46.3. The minimum Gasteiger partial charge on any atom is -0.497 e. The van der Waals surface area contributed by atoms with Gasteiger partial charge in [-0.3, -0.25) is 38.8 Å². The quantitative estimate of drug-likeness (QED) is 0.0317. The molecule has 0 spiro atoms. The van der Waals surface area contributed by atoms with Crippen LogP contribution in [0.5, 0.6) is 5.75 Å². The number of nitrogen functional groups attached to an aromatic ring is 1. The molecule has 6 amide bonds. The van der Waals surface area contributed by atoms with Gasteiger partial charge in [-0.15, -0.1) is 27.8 Å². The Morgan fingerprint density at radius 1 is 0.572 bits per heavy atom. The number of para-hydroxylation sites is 2. The fourth-order valence-corrected chi connectivity index (χ4v) is 19.8. The van der Waals surface area contributed by atoms with E-state index in [2.05, 4.69) is 105 Å². The standard InChI is InChI=1S/C26H26FN5O2.C26H27N5OS.C17H17N5OS.C17H24N4O2.C15H15N7O2/c27-21-15-7-8-16-22(21)30-25(34)29-17-9-10-18-32-23(33)26(31-24(32)28,19-11-3-1-4-12-19)20-13-5-2-6-14-20;1-25(23-12-20(15-33-23)19-8-6-7-18(11-19)13-27)22(14-30(2)24(28)29-25)26(32)16-31(17-26)21-9-4-3-5-10-21;1-17(8-14(23)22(2)16(20)21-17)13-7-12(19)15(24-13)11-5-3-4-10(6-11)9-18;1-17(15(22)20(2)16(18)19-17)12-6-5-9-21(11-12)13-7-4-8-14(10-13)23-3;1-15(7-11(23)22(2)13(17)19-15)12-20-21-14(24-12)18-10-5-3-4-9(6-10)8-16/h1-8,11-16H,9-10,17-18H2,(H2,28,31)(H2,29,30,34);3-12,15,22,32H,14,16-17H2,1-2H3,(H2,28,29);3-7H,8,19H2,1-2H3,(H2,20,21);4,7-8,10,12H,5-6,9,11H2,1-3H3,(H2,18,19);3-6H,7H2,1-2H3,(H2,17,19)(H,18,21)/t;22?,25-;17-;12-,17-;15-/m.0010/s1. The van der Waals surface area contributed by atoms with Crippen LogP contribution in [0.25, 0.3) is 21.6 Å². The number of amides is 6. The molecule has 16 N–H and O–H groups in total. The van der Waals surface area contributed by atoms with E-state index in [9.17, 15) is 38.7 Å². The fourth-order valence-electron chi connectivity index (χ4n) is 17.6. The summed E-state index contributed by atoms with van der Waals surface area (Å²) in [6, 6.07) is 74.7. The van der Waals surface area contributed by atoms with Gasteiger partial charge in [0.1, 0.15) is 39.3 Å². The number of guanidine groups is 5. The zero-order valence-electron chi connectivity index (χ0n) is 77.9. The highest BCUT2D eigenvalue weighted by atomic mass is 32.1. The Hall–Kier alpha value is -16.0. The number of methoxy groups -OCH3 is 1. The Kier molecular flexibility index (Phi) is 29.4. The molecule has 6 atom stereocenters. The van der Waals surface area contributed by atoms with E-state index in [1.807, 2.05) is 165 Å². The first-order chi connectivity index (χ1) is 66.0. The number of aromatic nitrogens is 2. The van der Waals surface area contributed by atoms with Crippen LogP contribution in [0.15, 0.2) is 259 Å². The van der Waals surface area contributed by atoms with E-state index in [-0.39, 0.29) is 83.8 Å². The van der Waals surface area contributed by atoms with Crippen LogP contribution in [0.3, 0.4) is 0 Å². The summed E-state index contributed by atoms with van der Waals surface area (Å²) in [7, 11) is 8.46. The second-order valence-electron chi connectivity index (χ2n) is 35.2. The number of rotatable bonds is 20. The fraction of sp³-hybridized carbons (Fsp3) is 0.297. The van der Waals surface area contributed by atoms with E-state index in [0.717, 1.165) is 85.5 Å². The van der Waals surface area contributed by atoms with Crippen LogP contribution in [-0.4, -0.2) is 192 Å². The first-order valence-electron chi connectivity index (χ1n) is 44.6. The summed E-state index contributed by atoms with van der Waals surface area (Å²) in [5, 5.41) is 57.0. The van der Waals surface area contributed by atoms with Crippen LogP contribution in [0, 0.1) is 51.6 Å². The Morgan fingerprint density at radius 3 is 1.77 bits per heavy atom. The van der Waals surface area contributed by atoms with Crippen LogP contribution in [0.1, 0.15) is 110 Å². The van der Waals surface area contributed by atoms with Crippen molar-refractivity contribution in [2.75, 3.05) is 107 Å². The monoisotopic (exact) mass is 1900 g/mol. The number of β-amino-alcohol motifs (C(OH)–C–C–N with tert-alkyl or cyclic N) is 1. The lowest BCUT2D eigenvalue weighted by Gasteiger charge is -2.57. The summed E-state index contributed by atoms with van der Waals surface area (Å²) in [6.45, 7) is 11.8. The highest BCUT2D eigenvalue weighted by molar-refractivity contribution is 7.16. The molecule has 2 fully saturated rings. The van der Waals surface area contributed by atoms with Crippen molar-refractivity contribution in [3.05, 3.63) is 279 Å². The van der Waals surface area contributed by atoms with Crippen molar-refractivity contribution in [3.8, 4) is 45.5 Å². The molecule has 0 bridgehead atoms. The van der Waals surface area contributed by atoms with Crippen molar-refractivity contribution >= 4 is 117 Å². The molecular weight excluding hydrogens is 1790 g/mol. The van der Waals surface area contributed by atoms with Gasteiger partial charge in [0.2, 0.25) is 17.7 Å². The molecule has 138 heavy (non-hydrogen) atoms. The number of nitrogens with one attached hydrogen (secondary N) is 3. The van der Waals surface area contributed by atoms with Gasteiger partial charge < -0.3 is 79.3 Å². The number of unbranched alkanes of at least 4 members (excludes halogenated alkanes) is 1. The number of likely N-dealkylation sites (N-methyl/N-ethyl adjacent to an activating group) is 1. The molecule has 11 aromatic rings. The number of nitrogens with two attached hydrogens (primary N) is 6. The third kappa shape index (κ3) is 21.1. The molecular formula is C101H109FN26O8S2. The molecule has 1 unspecified atom stereocenters. The normalized spacial score (nSPS) is 21.2. The number of aliphatic imine (C=N–C) groups is 5. The van der Waals surface area contributed by atoms with Gasteiger partial charge in [0.05, 0.1) is 71.1 Å². The second-order valence-corrected chi connectivity index (χ2v) is 37.2. The number of benzene rings is 8. The van der Waals surface area contributed by atoms with Crippen molar-refractivity contribution in [2.45, 2.75) is 99.5 Å². The smallest absolute Gasteiger partial charge is 0.320 e. The molecule has 37 heteroatoms. The first kappa shape index (κ1) is 98.0. The summed E-state index contributed by atoms with van der Waals surface area (Å²) >= 11 is 3.10. The number of urea groups is 1. The predicted molar refractivity (Wildman–Crippen MR) is 534 cm³/mol. The van der Waals surface area contributed by atoms with Crippen molar-refractivity contribution in [3.63, 3.8) is 0 Å². The number of anilines is 6. The number of thiophene rings is 2. The number of hydrogen-bond donors (Lipinski definition) is 10. The number of piperidine rings is 1. The number of nitriles is 3. The molecule has 0 saturated carbocycles. The maximum Gasteiger partial charge on any atom is 0.320 e. The number of aliphatic hydroxyl groups is 1. The Balaban J connectivity index is 0.000000139. The van der Waals surface area contributed by atoms with E-state index in [1.165, 1.54) is 43.1 Å². The SMILES string of the molecule is CN1C(=O)C[C@@](C)(c2cc(N)c(-c3cccc(C#N)c3)s2)N=C1N.CN1C(=O)C[C@@](C)(c2nnc(Nc3cccc(C#N)c3)o2)N=C1N.CN1CC(C2(O)CN(c3ccccc3)C2)[C@@](C)(c2cc(-c3cccc(C#N)c3)cs2)N=C1N.COc1cccc(N2CCC[C@@H]([C@@]3(C)N=C(N)N(C)C3=O)C2)c1.NC1=NC(c2ccccc2)(c2ccccc2)C(=O)N1CCCCNC(=O)Nc1ccccc1F. The minimum absolute atomic E-state index is 0.00695. The van der Waals surface area contributed by atoms with E-state index in [0.29, 0.717) is 85.5 Å². The Morgan fingerprint density at radius 2 is 1.14 bits per heavy atom. The molecule has 7 aliphatic rings. The van der Waals surface area contributed by atoms with Gasteiger partial charge in [0, 0.05) is 119 Å². The third-order valence-corrected chi connectivity index (χ3v) is 28.2. The molecule has 7 aliphatic heterocycles. The number of hydrogen-bond acceptors (Lipinski definition) is 30. The number of carbonyl (C=O) groups is 5. The number of nitrogens with zero attached hydrogens (tertiary/aromatic N) is 17. The molecule has 8 aromatic carbocycles. The van der Waals surface area contributed by atoms with Gasteiger partial charge in [-0.05, 0) is 178 Å². The van der Waals surface area contributed by atoms with Crippen LogP contribution >= 0.6 is 22.7 Å². The second kappa shape index (κ2) is 41.4. The van der Waals surface area contributed by atoms with Crippen LogP contribution in [0.2, 0.25) is 0 Å². The number of ether oxygens (including phenoxy) is 1. The van der Waals surface area contributed by atoms with E-state index < -0.39 is 45.1 Å². The van der Waals surface area contributed by atoms with Crippen LogP contribution in [0.4, 0.5) is 43.6 Å². The maximum atomic E-state index is 13.7. The highest BCUT2D eigenvalue weighted by Gasteiger charge is 2.58. The van der Waals surface area contributed by atoms with Crippen molar-refractivity contribution in [1.29, 1.82) is 15.8 Å². The molecule has 34 nitrogen and oxygen atoms in total. The van der Waals surface area contributed by atoms with Gasteiger partial charge in [-0.25, -0.2) is 34.1 Å². The van der Waals surface area contributed by atoms with E-state index >= 15 is 0 Å². The lowest BCUT2D eigenvalue weighted by Crippen LogP contribution is -2.71. The largest absolute Gasteiger partial charge is 0.497 e. The highest BCUT2D eigenvalue weighted by Crippen LogP contribution is 2.51. The topological polar surface area (TPSA) is 502 Å². The summed E-state index contributed by atoms with van der Waals surface area (Å²) < 4.78 is 24.5. The molecule has 0 aliphatic carbocycles. The lowest BCUT2D eigenvalue weighted by molar-refractivity contribution is -0.132. The lowest BCUT2D eigenvalue weighted by atomic mass is 9.68. The van der Waals surface area contributed by atoms with Crippen molar-refractivity contribution < 1.29 is 42.6 Å². The Bertz CT molecular complexity index is 6600. The predicted octanol–water partition coefficient (Wildman–Crippen LogP) is 12.3. The van der Waals surface area contributed by atoms with Crippen molar-refractivity contribution in [2.24, 2.45) is 65.5 Å².